The van der Waals surface area contributed by atoms with Crippen LogP contribution in [0.3, 0.4) is 0 Å². The van der Waals surface area contributed by atoms with Crippen LogP contribution in [-0.2, 0) is 4.79 Å². The standard InChI is InChI=1S/C17H16O4/c1-12-3-7-16(20-12)9-5-14(18)11-15(19)6-10-17-8-4-13(2)21-17/h3-11,18H,1-2H3/b9-5+,10-6+,14-11-. The van der Waals surface area contributed by atoms with Crippen molar-refractivity contribution in [2.24, 2.45) is 0 Å². The van der Waals surface area contributed by atoms with Gasteiger partial charge in [0.05, 0.1) is 0 Å². The lowest BCUT2D eigenvalue weighted by Crippen LogP contribution is -1.88. The summed E-state index contributed by atoms with van der Waals surface area (Å²) in [5.74, 6) is 2.29. The van der Waals surface area contributed by atoms with Gasteiger partial charge in [-0.05, 0) is 62.4 Å². The fourth-order valence-corrected chi connectivity index (χ4v) is 1.66. The van der Waals surface area contributed by atoms with Gasteiger partial charge >= 0.3 is 0 Å². The van der Waals surface area contributed by atoms with E-state index in [4.69, 9.17) is 8.83 Å². The molecule has 4 nitrogen and oxygen atoms in total. The third-order valence-electron chi connectivity index (χ3n) is 2.64. The Morgan fingerprint density at radius 2 is 1.48 bits per heavy atom. The van der Waals surface area contributed by atoms with E-state index >= 15 is 0 Å². The number of rotatable bonds is 5. The van der Waals surface area contributed by atoms with Crippen LogP contribution in [0, 0.1) is 13.8 Å². The van der Waals surface area contributed by atoms with Crippen LogP contribution < -0.4 is 0 Å². The number of hydrogen-bond acceptors (Lipinski definition) is 4. The summed E-state index contributed by atoms with van der Waals surface area (Å²) in [6.07, 6.45) is 7.00. The second-order valence-corrected chi connectivity index (χ2v) is 4.54. The van der Waals surface area contributed by atoms with Gasteiger partial charge in [-0.3, -0.25) is 4.79 Å². The van der Waals surface area contributed by atoms with E-state index in [0.29, 0.717) is 11.5 Å². The van der Waals surface area contributed by atoms with E-state index in [0.717, 1.165) is 17.6 Å². The molecule has 0 fully saturated rings. The van der Waals surface area contributed by atoms with E-state index in [-0.39, 0.29) is 11.5 Å². The minimum atomic E-state index is -0.332. The summed E-state index contributed by atoms with van der Waals surface area (Å²) in [4.78, 5) is 11.6. The number of hydrogen-bond donors (Lipinski definition) is 1. The molecule has 0 amide bonds. The van der Waals surface area contributed by atoms with E-state index in [9.17, 15) is 9.90 Å². The van der Waals surface area contributed by atoms with E-state index in [1.54, 1.807) is 24.3 Å². The van der Waals surface area contributed by atoms with Crippen LogP contribution in [0.5, 0.6) is 0 Å². The highest BCUT2D eigenvalue weighted by Crippen LogP contribution is 2.10. The van der Waals surface area contributed by atoms with Crippen molar-refractivity contribution < 1.29 is 18.7 Å². The fraction of sp³-hybridized carbons (Fsp3) is 0.118. The topological polar surface area (TPSA) is 63.6 Å². The molecule has 0 aliphatic rings. The Labute approximate surface area is 122 Å². The van der Waals surface area contributed by atoms with E-state index < -0.39 is 0 Å². The van der Waals surface area contributed by atoms with Gasteiger partial charge in [0.25, 0.3) is 0 Å². The van der Waals surface area contributed by atoms with E-state index in [2.05, 4.69) is 0 Å². The molecule has 1 N–H and O–H groups in total. The second kappa shape index (κ2) is 6.61. The summed E-state index contributed by atoms with van der Waals surface area (Å²) in [6.45, 7) is 3.66. The normalized spacial score (nSPS) is 12.6. The number of carbonyl (C=O) groups is 1. The summed E-state index contributed by atoms with van der Waals surface area (Å²) < 4.78 is 10.6. The lowest BCUT2D eigenvalue weighted by Gasteiger charge is -1.90. The van der Waals surface area contributed by atoms with Crippen molar-refractivity contribution in [2.45, 2.75) is 13.8 Å². The van der Waals surface area contributed by atoms with Crippen molar-refractivity contribution >= 4 is 17.9 Å². The summed E-state index contributed by atoms with van der Waals surface area (Å²) in [6, 6.07) is 7.17. The molecule has 0 atom stereocenters. The highest BCUT2D eigenvalue weighted by Gasteiger charge is 1.98. The van der Waals surface area contributed by atoms with E-state index in [1.165, 1.54) is 12.2 Å². The number of furan rings is 2. The predicted molar refractivity (Wildman–Crippen MR) is 80.7 cm³/mol. The molecule has 2 aromatic rings. The molecular weight excluding hydrogens is 268 g/mol. The van der Waals surface area contributed by atoms with Crippen molar-refractivity contribution in [2.75, 3.05) is 0 Å². The lowest BCUT2D eigenvalue weighted by molar-refractivity contribution is -0.110. The minimum Gasteiger partial charge on any atom is -0.508 e. The molecule has 0 aromatic carbocycles. The van der Waals surface area contributed by atoms with Crippen LogP contribution in [0.25, 0.3) is 12.2 Å². The maximum absolute atomic E-state index is 11.6. The average molecular weight is 284 g/mol. The maximum atomic E-state index is 11.6. The molecule has 0 bridgehead atoms. The molecule has 21 heavy (non-hydrogen) atoms. The first-order valence-electron chi connectivity index (χ1n) is 6.46. The van der Waals surface area contributed by atoms with Crippen molar-refractivity contribution in [1.29, 1.82) is 0 Å². The number of aryl methyl sites for hydroxylation is 2. The van der Waals surface area contributed by atoms with Gasteiger partial charge in [0.15, 0.2) is 5.78 Å². The Hall–Kier alpha value is -2.75. The third-order valence-corrected chi connectivity index (χ3v) is 2.64. The highest BCUT2D eigenvalue weighted by atomic mass is 16.3. The number of ketones is 1. The molecule has 0 aliphatic carbocycles. The van der Waals surface area contributed by atoms with Crippen molar-refractivity contribution in [3.8, 4) is 0 Å². The second-order valence-electron chi connectivity index (χ2n) is 4.54. The van der Waals surface area contributed by atoms with Gasteiger partial charge in [0.2, 0.25) is 0 Å². The molecule has 0 saturated carbocycles. The molecule has 2 heterocycles. The molecule has 0 spiro atoms. The first-order chi connectivity index (χ1) is 10.0. The fourth-order valence-electron chi connectivity index (χ4n) is 1.66. The Morgan fingerprint density at radius 1 is 0.952 bits per heavy atom. The number of aliphatic hydroxyl groups excluding tert-OH is 1. The van der Waals surface area contributed by atoms with Gasteiger partial charge < -0.3 is 13.9 Å². The van der Waals surface area contributed by atoms with Crippen LogP contribution in [0.1, 0.15) is 23.0 Å². The van der Waals surface area contributed by atoms with Gasteiger partial charge in [0.1, 0.15) is 28.8 Å². The van der Waals surface area contributed by atoms with Gasteiger partial charge in [-0.25, -0.2) is 0 Å². The van der Waals surface area contributed by atoms with Gasteiger partial charge in [-0.2, -0.15) is 0 Å². The smallest absolute Gasteiger partial charge is 0.182 e. The highest BCUT2D eigenvalue weighted by molar-refractivity contribution is 6.02. The van der Waals surface area contributed by atoms with E-state index in [1.807, 2.05) is 26.0 Å². The van der Waals surface area contributed by atoms with Gasteiger partial charge in [-0.1, -0.05) is 0 Å². The molecule has 0 saturated heterocycles. The molecule has 0 aliphatic heterocycles. The Morgan fingerprint density at radius 3 is 1.95 bits per heavy atom. The molecule has 2 rings (SSSR count). The van der Waals surface area contributed by atoms with Crippen molar-refractivity contribution in [3.63, 3.8) is 0 Å². The van der Waals surface area contributed by atoms with Crippen LogP contribution in [-0.4, -0.2) is 10.9 Å². The number of aliphatic hydroxyl groups is 1. The first kappa shape index (κ1) is 14.7. The number of allylic oxidation sites excluding steroid dienone is 3. The van der Waals surface area contributed by atoms with Gasteiger partial charge in [-0.15, -0.1) is 0 Å². The van der Waals surface area contributed by atoms with Crippen molar-refractivity contribution in [3.05, 3.63) is 71.3 Å². The molecule has 2 aromatic heterocycles. The summed E-state index contributed by atoms with van der Waals surface area (Å²) in [7, 11) is 0. The Kier molecular flexibility index (Phi) is 4.61. The van der Waals surface area contributed by atoms with Crippen LogP contribution in [0.4, 0.5) is 0 Å². The predicted octanol–water partition coefficient (Wildman–Crippen LogP) is 4.23. The third kappa shape index (κ3) is 4.69. The molecule has 108 valence electrons. The molecular formula is C17H16O4. The molecule has 0 unspecified atom stereocenters. The number of carbonyl (C=O) groups excluding carboxylic acids is 1. The maximum Gasteiger partial charge on any atom is 0.182 e. The molecule has 4 heteroatoms. The summed E-state index contributed by atoms with van der Waals surface area (Å²) >= 11 is 0. The zero-order valence-corrected chi connectivity index (χ0v) is 11.9. The van der Waals surface area contributed by atoms with Crippen LogP contribution >= 0.6 is 0 Å². The minimum absolute atomic E-state index is 0.144. The zero-order chi connectivity index (χ0) is 15.2. The van der Waals surface area contributed by atoms with Crippen molar-refractivity contribution in [1.82, 2.24) is 0 Å². The Balaban J connectivity index is 1.96. The lowest BCUT2D eigenvalue weighted by atomic mass is 10.2. The first-order valence-corrected chi connectivity index (χ1v) is 6.46. The average Bonchev–Trinajstić information content (AvgIpc) is 3.03. The Bertz CT molecular complexity index is 711. The zero-order valence-electron chi connectivity index (χ0n) is 11.9. The quantitative estimate of drug-likeness (QED) is 0.507. The summed E-state index contributed by atoms with van der Waals surface area (Å²) in [5, 5.41) is 9.64. The largest absolute Gasteiger partial charge is 0.508 e. The van der Waals surface area contributed by atoms with Crippen LogP contribution in [0.15, 0.2) is 57.1 Å². The SMILES string of the molecule is Cc1ccc(/C=C/C(=O)/C=C(O)/C=C/c2ccc(C)o2)o1. The monoisotopic (exact) mass is 284 g/mol. The molecule has 0 radical (unpaired) electrons. The van der Waals surface area contributed by atoms with Crippen LogP contribution in [0.2, 0.25) is 0 Å². The summed E-state index contributed by atoms with van der Waals surface area (Å²) in [5.41, 5.74) is 0. The van der Waals surface area contributed by atoms with Gasteiger partial charge in [0, 0.05) is 6.08 Å².